The highest BCUT2D eigenvalue weighted by atomic mass is 16.4. The number of carbonyl (C=O) groups is 1. The molecule has 166 valence electrons. The van der Waals surface area contributed by atoms with Crippen molar-refractivity contribution in [2.45, 2.75) is 58.8 Å². The second-order valence-corrected chi connectivity index (χ2v) is 8.58. The molecule has 0 fully saturated rings. The van der Waals surface area contributed by atoms with Gasteiger partial charge in [-0.1, -0.05) is 18.2 Å². The molecule has 0 saturated heterocycles. The highest BCUT2D eigenvalue weighted by molar-refractivity contribution is 5.87. The zero-order valence-electron chi connectivity index (χ0n) is 18.6. The Hall–Kier alpha value is -3.09. The number of hydrogen-bond acceptors (Lipinski definition) is 5. The number of carboxylic acid groups (broad SMARTS) is 1. The summed E-state index contributed by atoms with van der Waals surface area (Å²) < 4.78 is 0. The van der Waals surface area contributed by atoms with Crippen LogP contribution in [0, 0.1) is 13.8 Å². The molecule has 0 spiro atoms. The monoisotopic (exact) mass is 431 g/mol. The molecule has 0 amide bonds. The first-order valence-electron chi connectivity index (χ1n) is 11.0. The molecule has 0 radical (unpaired) electrons. The molecule has 2 heterocycles. The van der Waals surface area contributed by atoms with Crippen molar-refractivity contribution in [2.24, 2.45) is 0 Å². The zero-order valence-corrected chi connectivity index (χ0v) is 18.6. The second-order valence-electron chi connectivity index (χ2n) is 8.58. The molecule has 0 saturated carbocycles. The van der Waals surface area contributed by atoms with Gasteiger partial charge in [0.05, 0.1) is 29.6 Å². The molecular weight excluding hydrogens is 402 g/mol. The lowest BCUT2D eigenvalue weighted by Gasteiger charge is -2.35. The molecule has 6 heteroatoms. The first-order valence-corrected chi connectivity index (χ1v) is 11.0. The van der Waals surface area contributed by atoms with E-state index in [1.54, 1.807) is 12.1 Å². The van der Waals surface area contributed by atoms with Crippen LogP contribution >= 0.6 is 0 Å². The molecule has 2 N–H and O–H groups in total. The smallest absolute Gasteiger partial charge is 0.335 e. The predicted octanol–water partition coefficient (Wildman–Crippen LogP) is 4.36. The fourth-order valence-corrected chi connectivity index (χ4v) is 4.60. The lowest BCUT2D eigenvalue weighted by atomic mass is 9.90. The number of nitrogens with zero attached hydrogens (tertiary/aromatic N) is 3. The van der Waals surface area contributed by atoms with Crippen LogP contribution in [0.2, 0.25) is 0 Å². The maximum atomic E-state index is 11.4. The Bertz CT molecular complexity index is 1130. The lowest BCUT2D eigenvalue weighted by Crippen LogP contribution is -2.32. The van der Waals surface area contributed by atoms with Gasteiger partial charge in [-0.25, -0.2) is 4.79 Å². The first-order chi connectivity index (χ1) is 15.5. The summed E-state index contributed by atoms with van der Waals surface area (Å²) in [6.07, 6.45) is 6.87. The Morgan fingerprint density at radius 1 is 1.12 bits per heavy atom. The Morgan fingerprint density at radius 2 is 1.97 bits per heavy atom. The van der Waals surface area contributed by atoms with Gasteiger partial charge in [0.1, 0.15) is 0 Å². The van der Waals surface area contributed by atoms with Crippen LogP contribution in [0.5, 0.6) is 0 Å². The summed E-state index contributed by atoms with van der Waals surface area (Å²) >= 11 is 0. The number of aliphatic hydroxyl groups excluding tert-OH is 1. The molecule has 1 aromatic carbocycles. The predicted molar refractivity (Wildman–Crippen MR) is 122 cm³/mol. The lowest BCUT2D eigenvalue weighted by molar-refractivity contribution is 0.0696. The third-order valence-corrected chi connectivity index (χ3v) is 6.28. The van der Waals surface area contributed by atoms with Crippen molar-refractivity contribution >= 4 is 5.97 Å². The highest BCUT2D eigenvalue weighted by Crippen LogP contribution is 2.35. The Balaban J connectivity index is 1.72. The van der Waals surface area contributed by atoms with Crippen molar-refractivity contribution in [3.63, 3.8) is 0 Å². The van der Waals surface area contributed by atoms with Crippen LogP contribution in [0.15, 0.2) is 48.8 Å². The van der Waals surface area contributed by atoms with E-state index in [4.69, 9.17) is 9.97 Å². The van der Waals surface area contributed by atoms with Crippen molar-refractivity contribution in [1.29, 1.82) is 0 Å². The number of rotatable bonds is 7. The fourth-order valence-electron chi connectivity index (χ4n) is 4.60. The van der Waals surface area contributed by atoms with Gasteiger partial charge in [0.2, 0.25) is 0 Å². The average Bonchev–Trinajstić information content (AvgIpc) is 2.80. The molecule has 0 unspecified atom stereocenters. The molecule has 32 heavy (non-hydrogen) atoms. The number of aliphatic hydroxyl groups is 1. The van der Waals surface area contributed by atoms with E-state index >= 15 is 0 Å². The van der Waals surface area contributed by atoms with Crippen LogP contribution in [-0.4, -0.2) is 31.1 Å². The van der Waals surface area contributed by atoms with E-state index in [9.17, 15) is 15.0 Å². The van der Waals surface area contributed by atoms with Gasteiger partial charge in [0.15, 0.2) is 0 Å². The number of fused-ring (bicyclic) bond motifs is 1. The highest BCUT2D eigenvalue weighted by Gasteiger charge is 2.28. The van der Waals surface area contributed by atoms with Crippen molar-refractivity contribution in [3.8, 4) is 0 Å². The Labute approximate surface area is 188 Å². The minimum Gasteiger partial charge on any atom is -0.478 e. The summed E-state index contributed by atoms with van der Waals surface area (Å²) in [5, 5.41) is 19.3. The van der Waals surface area contributed by atoms with Gasteiger partial charge in [0, 0.05) is 25.5 Å². The van der Waals surface area contributed by atoms with E-state index in [0.29, 0.717) is 18.7 Å². The van der Waals surface area contributed by atoms with Crippen LogP contribution in [0.1, 0.15) is 68.4 Å². The van der Waals surface area contributed by atoms with Gasteiger partial charge in [-0.05, 0) is 79.1 Å². The zero-order chi connectivity index (χ0) is 22.7. The number of carboxylic acids is 1. The Kier molecular flexibility index (Phi) is 6.63. The molecular formula is C26H29N3O3. The van der Waals surface area contributed by atoms with E-state index in [0.717, 1.165) is 47.3 Å². The van der Waals surface area contributed by atoms with Crippen molar-refractivity contribution in [1.82, 2.24) is 14.9 Å². The first kappa shape index (κ1) is 22.1. The fraction of sp³-hybridized carbons (Fsp3) is 0.346. The molecule has 4 rings (SSSR count). The van der Waals surface area contributed by atoms with Crippen LogP contribution in [0.25, 0.3) is 0 Å². The maximum absolute atomic E-state index is 11.4. The summed E-state index contributed by atoms with van der Waals surface area (Å²) in [6, 6.07) is 11.4. The van der Waals surface area contributed by atoms with Crippen LogP contribution < -0.4 is 0 Å². The summed E-state index contributed by atoms with van der Waals surface area (Å²) in [7, 11) is 0. The minimum atomic E-state index is -0.993. The molecule has 0 aliphatic heterocycles. The number of hydrogen-bond donors (Lipinski definition) is 2. The largest absolute Gasteiger partial charge is 0.478 e. The van der Waals surface area contributed by atoms with Gasteiger partial charge in [-0.15, -0.1) is 0 Å². The van der Waals surface area contributed by atoms with E-state index < -0.39 is 5.97 Å². The minimum absolute atomic E-state index is 0.133. The van der Waals surface area contributed by atoms with Crippen molar-refractivity contribution < 1.29 is 15.0 Å². The second kappa shape index (κ2) is 9.59. The normalized spacial score (nSPS) is 15.6. The summed E-state index contributed by atoms with van der Waals surface area (Å²) in [6.45, 7) is 5.15. The Morgan fingerprint density at radius 3 is 2.72 bits per heavy atom. The summed E-state index contributed by atoms with van der Waals surface area (Å²) in [5.41, 5.74) is 7.44. The van der Waals surface area contributed by atoms with Crippen LogP contribution in [-0.2, 0) is 26.1 Å². The van der Waals surface area contributed by atoms with Crippen molar-refractivity contribution in [2.75, 3.05) is 0 Å². The molecule has 1 atom stereocenters. The van der Waals surface area contributed by atoms with Crippen LogP contribution in [0.4, 0.5) is 0 Å². The molecule has 1 aliphatic rings. The third-order valence-electron chi connectivity index (χ3n) is 6.28. The maximum Gasteiger partial charge on any atom is 0.335 e. The molecule has 1 aliphatic carbocycles. The van der Waals surface area contributed by atoms with Gasteiger partial charge in [0.25, 0.3) is 0 Å². The number of aryl methyl sites for hydroxylation is 3. The average molecular weight is 432 g/mol. The van der Waals surface area contributed by atoms with E-state index in [1.807, 2.05) is 31.5 Å². The van der Waals surface area contributed by atoms with Gasteiger partial charge in [-0.3, -0.25) is 14.9 Å². The number of aromatic nitrogens is 2. The number of aromatic carboxylic acids is 1. The van der Waals surface area contributed by atoms with Gasteiger partial charge < -0.3 is 10.2 Å². The topological polar surface area (TPSA) is 86.6 Å². The molecule has 3 aromatic rings. The van der Waals surface area contributed by atoms with Crippen LogP contribution in [0.3, 0.4) is 0 Å². The van der Waals surface area contributed by atoms with Gasteiger partial charge >= 0.3 is 5.97 Å². The third kappa shape index (κ3) is 4.71. The summed E-state index contributed by atoms with van der Waals surface area (Å²) in [5.74, 6) is -0.993. The SMILES string of the molecule is Cc1cnc(CN(Cc2ccc(C(=O)O)cc2CO)[C@H]2CCCc3cccnc32)c(C)c1. The summed E-state index contributed by atoms with van der Waals surface area (Å²) in [4.78, 5) is 23.2. The quantitative estimate of drug-likeness (QED) is 0.578. The van der Waals surface area contributed by atoms with E-state index in [1.165, 1.54) is 5.56 Å². The molecule has 6 nitrogen and oxygen atoms in total. The van der Waals surface area contributed by atoms with E-state index in [-0.39, 0.29) is 18.2 Å². The van der Waals surface area contributed by atoms with Crippen molar-refractivity contribution in [3.05, 3.63) is 93.6 Å². The molecule has 2 aromatic heterocycles. The number of pyridine rings is 2. The molecule has 0 bridgehead atoms. The standard InChI is InChI=1S/C26H29N3O3/c1-17-11-18(2)23(28-13-17)15-29(24-7-3-5-19-6-4-10-27-25(19)24)14-21-9-8-20(26(31)32)12-22(21)16-30/h4,6,8-13,24,30H,3,5,7,14-16H2,1-2H3,(H,31,32)/t24-/m0/s1. The van der Waals surface area contributed by atoms with Gasteiger partial charge in [-0.2, -0.15) is 0 Å². The van der Waals surface area contributed by atoms with E-state index in [2.05, 4.69) is 24.0 Å². The number of benzene rings is 1.